The second kappa shape index (κ2) is 7.33. The van der Waals surface area contributed by atoms with Gasteiger partial charge in [0.2, 0.25) is 0 Å². The molecule has 2 aliphatic heterocycles. The van der Waals surface area contributed by atoms with Crippen molar-refractivity contribution in [2.45, 2.75) is 19.1 Å². The number of carbonyl (C=O) groups excluding carboxylic acids is 2. The summed E-state index contributed by atoms with van der Waals surface area (Å²) in [6.07, 6.45) is 3.29. The molecule has 0 radical (unpaired) electrons. The van der Waals surface area contributed by atoms with Gasteiger partial charge in [0.1, 0.15) is 23.2 Å². The van der Waals surface area contributed by atoms with Crippen LogP contribution in [0.4, 0.5) is 0 Å². The zero-order valence-corrected chi connectivity index (χ0v) is 19.4. The molecular weight excluding hydrogens is 456 g/mol. The molecule has 1 fully saturated rings. The molecule has 34 heavy (non-hydrogen) atoms. The molecule has 5 heterocycles. The molecule has 9 nitrogen and oxygen atoms in total. The Morgan fingerprint density at radius 2 is 1.94 bits per heavy atom. The number of aryl methyl sites for hydroxylation is 2. The first-order chi connectivity index (χ1) is 16.4. The van der Waals surface area contributed by atoms with Crippen LogP contribution in [0.3, 0.4) is 0 Å². The number of carbonyl (C=O) groups is 2. The number of halogens is 1. The molecule has 10 heteroatoms. The molecule has 172 valence electrons. The Balaban J connectivity index is 1.52. The number of rotatable bonds is 3. The Hall–Kier alpha value is -3.85. The van der Waals surface area contributed by atoms with E-state index in [9.17, 15) is 9.59 Å². The van der Waals surface area contributed by atoms with E-state index in [4.69, 9.17) is 21.2 Å². The molecule has 1 saturated heterocycles. The molecule has 0 bridgehead atoms. The average molecular weight is 477 g/mol. The van der Waals surface area contributed by atoms with Crippen molar-refractivity contribution >= 4 is 23.4 Å². The molecule has 1 aromatic carbocycles. The first-order valence-electron chi connectivity index (χ1n) is 10.9. The van der Waals surface area contributed by atoms with Crippen molar-refractivity contribution in [2.75, 3.05) is 13.1 Å². The van der Waals surface area contributed by atoms with Crippen LogP contribution in [0.1, 0.15) is 32.1 Å². The van der Waals surface area contributed by atoms with E-state index in [0.29, 0.717) is 40.8 Å². The van der Waals surface area contributed by atoms with Crippen molar-refractivity contribution < 1.29 is 14.1 Å². The fourth-order valence-corrected chi connectivity index (χ4v) is 5.22. The third-order valence-electron chi connectivity index (χ3n) is 6.79. The maximum atomic E-state index is 13.8. The van der Waals surface area contributed by atoms with Crippen LogP contribution < -0.4 is 0 Å². The van der Waals surface area contributed by atoms with E-state index in [0.717, 1.165) is 11.3 Å². The SMILES string of the molecule is Cc1nocc1C(=O)N1CCN2C(=O)c3cc(-c4cccn4C)nn3CC12c1ccc(Cl)cc1. The number of hydrogen-bond donors (Lipinski definition) is 0. The summed E-state index contributed by atoms with van der Waals surface area (Å²) >= 11 is 6.18. The molecule has 6 rings (SSSR count). The van der Waals surface area contributed by atoms with Crippen LogP contribution in [0.15, 0.2) is 59.4 Å². The van der Waals surface area contributed by atoms with Crippen molar-refractivity contribution in [3.63, 3.8) is 0 Å². The van der Waals surface area contributed by atoms with Crippen molar-refractivity contribution in [1.82, 2.24) is 29.3 Å². The number of hydrogen-bond acceptors (Lipinski definition) is 5. The number of nitrogens with zero attached hydrogens (tertiary/aromatic N) is 6. The van der Waals surface area contributed by atoms with E-state index in [1.165, 1.54) is 6.26 Å². The predicted molar refractivity (Wildman–Crippen MR) is 123 cm³/mol. The van der Waals surface area contributed by atoms with E-state index >= 15 is 0 Å². The molecule has 0 saturated carbocycles. The van der Waals surface area contributed by atoms with Gasteiger partial charge >= 0.3 is 0 Å². The number of aromatic nitrogens is 4. The number of benzene rings is 1. The highest BCUT2D eigenvalue weighted by Gasteiger charge is 2.57. The third kappa shape index (κ3) is 2.80. The highest BCUT2D eigenvalue weighted by molar-refractivity contribution is 6.30. The molecule has 0 N–H and O–H groups in total. The van der Waals surface area contributed by atoms with Crippen LogP contribution >= 0.6 is 11.6 Å². The summed E-state index contributed by atoms with van der Waals surface area (Å²) in [6, 6.07) is 13.0. The van der Waals surface area contributed by atoms with Gasteiger partial charge in [0.25, 0.3) is 11.8 Å². The zero-order valence-electron chi connectivity index (χ0n) is 18.6. The molecule has 1 atom stereocenters. The first-order valence-corrected chi connectivity index (χ1v) is 11.3. The van der Waals surface area contributed by atoms with Gasteiger partial charge in [-0.2, -0.15) is 5.10 Å². The summed E-state index contributed by atoms with van der Waals surface area (Å²) in [5.41, 5.74) is 2.70. The van der Waals surface area contributed by atoms with Crippen LogP contribution in [0.2, 0.25) is 5.02 Å². The Labute approximate surface area is 200 Å². The van der Waals surface area contributed by atoms with Gasteiger partial charge in [-0.05, 0) is 37.3 Å². The van der Waals surface area contributed by atoms with E-state index in [1.807, 2.05) is 48.1 Å². The van der Waals surface area contributed by atoms with Crippen LogP contribution in [-0.2, 0) is 19.3 Å². The van der Waals surface area contributed by atoms with E-state index in [-0.39, 0.29) is 18.4 Å². The number of amides is 2. The maximum Gasteiger partial charge on any atom is 0.274 e. The predicted octanol–water partition coefficient (Wildman–Crippen LogP) is 3.30. The minimum Gasteiger partial charge on any atom is -0.364 e. The fourth-order valence-electron chi connectivity index (χ4n) is 5.10. The molecular formula is C24H21ClN6O3. The monoisotopic (exact) mass is 476 g/mol. The minimum absolute atomic E-state index is 0.175. The van der Waals surface area contributed by atoms with Crippen LogP contribution in [-0.4, -0.2) is 54.2 Å². The van der Waals surface area contributed by atoms with Crippen molar-refractivity contribution in [3.8, 4) is 11.4 Å². The highest BCUT2D eigenvalue weighted by Crippen LogP contribution is 2.44. The molecule has 2 amide bonds. The molecule has 2 aliphatic rings. The summed E-state index contributed by atoms with van der Waals surface area (Å²) in [6.45, 7) is 2.77. The van der Waals surface area contributed by atoms with Gasteiger partial charge < -0.3 is 18.9 Å². The first kappa shape index (κ1) is 20.7. The van der Waals surface area contributed by atoms with Gasteiger partial charge in [-0.25, -0.2) is 0 Å². The Morgan fingerprint density at radius 1 is 1.15 bits per heavy atom. The van der Waals surface area contributed by atoms with Gasteiger partial charge in [0.15, 0.2) is 5.66 Å². The summed E-state index contributed by atoms with van der Waals surface area (Å²) in [4.78, 5) is 31.0. The lowest BCUT2D eigenvalue weighted by Crippen LogP contribution is -2.60. The summed E-state index contributed by atoms with van der Waals surface area (Å²) in [5, 5.41) is 9.23. The lowest BCUT2D eigenvalue weighted by Gasteiger charge is -2.46. The Morgan fingerprint density at radius 3 is 2.62 bits per heavy atom. The smallest absolute Gasteiger partial charge is 0.274 e. The van der Waals surface area contributed by atoms with E-state index < -0.39 is 5.66 Å². The Kier molecular flexibility index (Phi) is 4.47. The Bertz CT molecular complexity index is 1440. The topological polar surface area (TPSA) is 89.4 Å². The quantitative estimate of drug-likeness (QED) is 0.452. The summed E-state index contributed by atoms with van der Waals surface area (Å²) in [7, 11) is 1.94. The van der Waals surface area contributed by atoms with Crippen molar-refractivity contribution in [3.05, 3.63) is 82.5 Å². The molecule has 0 spiro atoms. The molecule has 1 unspecified atom stereocenters. The third-order valence-corrected chi connectivity index (χ3v) is 7.05. The minimum atomic E-state index is -1.06. The number of fused-ring (bicyclic) bond motifs is 2. The lowest BCUT2D eigenvalue weighted by atomic mass is 9.94. The molecule has 0 aliphatic carbocycles. The van der Waals surface area contributed by atoms with Crippen LogP contribution in [0.5, 0.6) is 0 Å². The maximum absolute atomic E-state index is 13.8. The van der Waals surface area contributed by atoms with Crippen LogP contribution in [0.25, 0.3) is 11.4 Å². The van der Waals surface area contributed by atoms with Crippen molar-refractivity contribution in [2.24, 2.45) is 7.05 Å². The van der Waals surface area contributed by atoms with Gasteiger partial charge in [0, 0.05) is 36.9 Å². The zero-order chi connectivity index (χ0) is 23.6. The second-order valence-electron chi connectivity index (χ2n) is 8.63. The lowest BCUT2D eigenvalue weighted by molar-refractivity contribution is -0.00850. The normalized spacial score (nSPS) is 19.4. The van der Waals surface area contributed by atoms with Gasteiger partial charge in [-0.15, -0.1) is 0 Å². The molecule has 3 aromatic heterocycles. The molecule has 4 aromatic rings. The van der Waals surface area contributed by atoms with Gasteiger partial charge in [0.05, 0.1) is 17.9 Å². The van der Waals surface area contributed by atoms with Gasteiger partial charge in [-0.1, -0.05) is 28.9 Å². The van der Waals surface area contributed by atoms with E-state index in [1.54, 1.807) is 33.5 Å². The summed E-state index contributed by atoms with van der Waals surface area (Å²) in [5.74, 6) is -0.422. The second-order valence-corrected chi connectivity index (χ2v) is 9.06. The standard InChI is InChI=1S/C24H21ClN6O3/c1-15-18(13-34-27-15)22(32)29-10-11-30-23(33)21-12-19(20-4-3-9-28(20)2)26-31(21)14-24(29,30)16-5-7-17(25)8-6-16/h3-9,12-13H,10-11,14H2,1-2H3. The largest absolute Gasteiger partial charge is 0.364 e. The fraction of sp³-hybridized carbons (Fsp3) is 0.250. The summed E-state index contributed by atoms with van der Waals surface area (Å²) < 4.78 is 8.70. The van der Waals surface area contributed by atoms with Gasteiger partial charge in [-0.3, -0.25) is 14.3 Å². The highest BCUT2D eigenvalue weighted by atomic mass is 35.5. The van der Waals surface area contributed by atoms with Crippen LogP contribution in [0, 0.1) is 6.92 Å². The van der Waals surface area contributed by atoms with E-state index in [2.05, 4.69) is 5.16 Å². The average Bonchev–Trinajstić information content (AvgIpc) is 3.60. The van der Waals surface area contributed by atoms with Crippen molar-refractivity contribution in [1.29, 1.82) is 0 Å².